The lowest BCUT2D eigenvalue weighted by Gasteiger charge is -2.23. The maximum atomic E-state index is 12.1. The smallest absolute Gasteiger partial charge is 0.323 e. The van der Waals surface area contributed by atoms with Crippen molar-refractivity contribution in [1.82, 2.24) is 0 Å². The summed E-state index contributed by atoms with van der Waals surface area (Å²) in [5, 5.41) is 0. The van der Waals surface area contributed by atoms with E-state index in [1.807, 2.05) is 48.5 Å². The summed E-state index contributed by atoms with van der Waals surface area (Å²) < 4.78 is 5.71. The number of carbonyl (C=O) groups excluding carboxylic acids is 2. The number of nitrogens with two attached hydrogens (primary N) is 2. The van der Waals surface area contributed by atoms with E-state index in [-0.39, 0.29) is 12.4 Å². The van der Waals surface area contributed by atoms with Gasteiger partial charge in [0.2, 0.25) is 0 Å². The van der Waals surface area contributed by atoms with Crippen LogP contribution in [0.2, 0.25) is 0 Å². The molecule has 1 heterocycles. The molecule has 0 saturated heterocycles. The summed E-state index contributed by atoms with van der Waals surface area (Å²) in [6, 6.07) is 14.3. The molecule has 0 aromatic heterocycles. The van der Waals surface area contributed by atoms with Crippen LogP contribution in [0.25, 0.3) is 0 Å². The fraction of sp³-hybridized carbons (Fsp3) is 0.263. The molecule has 0 fully saturated rings. The second kappa shape index (κ2) is 7.36. The van der Waals surface area contributed by atoms with E-state index in [1.165, 1.54) is 4.90 Å². The normalized spacial score (nSPS) is 15.7. The van der Waals surface area contributed by atoms with Crippen LogP contribution in [0.3, 0.4) is 0 Å². The van der Waals surface area contributed by atoms with Gasteiger partial charge in [0.05, 0.1) is 11.4 Å². The van der Waals surface area contributed by atoms with Gasteiger partial charge in [-0.1, -0.05) is 36.4 Å². The van der Waals surface area contributed by atoms with Crippen molar-refractivity contribution >= 4 is 23.4 Å². The fourth-order valence-corrected chi connectivity index (χ4v) is 3.11. The van der Waals surface area contributed by atoms with E-state index in [0.717, 1.165) is 11.1 Å². The highest BCUT2D eigenvalue weighted by molar-refractivity contribution is 6.00. The third-order valence-electron chi connectivity index (χ3n) is 4.24. The van der Waals surface area contributed by atoms with Crippen molar-refractivity contribution < 1.29 is 14.3 Å². The zero-order chi connectivity index (χ0) is 17.8. The first kappa shape index (κ1) is 17.0. The van der Waals surface area contributed by atoms with Gasteiger partial charge in [-0.15, -0.1) is 0 Å². The summed E-state index contributed by atoms with van der Waals surface area (Å²) in [4.78, 5) is 25.7. The van der Waals surface area contributed by atoms with Crippen molar-refractivity contribution in [1.29, 1.82) is 0 Å². The first-order valence-corrected chi connectivity index (χ1v) is 8.27. The molecule has 6 nitrogen and oxygen atoms in total. The summed E-state index contributed by atoms with van der Waals surface area (Å²) in [6.07, 6.45) is 0.853. The van der Waals surface area contributed by atoms with Crippen LogP contribution in [0.4, 0.5) is 16.2 Å². The molecule has 130 valence electrons. The van der Waals surface area contributed by atoms with Crippen LogP contribution >= 0.6 is 0 Å². The van der Waals surface area contributed by atoms with Gasteiger partial charge in [0.1, 0.15) is 6.10 Å². The monoisotopic (exact) mass is 339 g/mol. The number of anilines is 2. The Morgan fingerprint density at radius 3 is 2.48 bits per heavy atom. The van der Waals surface area contributed by atoms with Crippen molar-refractivity contribution in [3.63, 3.8) is 0 Å². The van der Waals surface area contributed by atoms with E-state index < -0.39 is 12.1 Å². The zero-order valence-corrected chi connectivity index (χ0v) is 13.9. The first-order valence-electron chi connectivity index (χ1n) is 8.27. The van der Waals surface area contributed by atoms with Crippen LogP contribution in [0.15, 0.2) is 48.5 Å². The van der Waals surface area contributed by atoms with Crippen LogP contribution in [0.1, 0.15) is 30.1 Å². The van der Waals surface area contributed by atoms with Gasteiger partial charge in [0, 0.05) is 18.4 Å². The molecule has 0 radical (unpaired) electrons. The minimum Gasteiger partial charge on any atom is -0.457 e. The summed E-state index contributed by atoms with van der Waals surface area (Å²) >= 11 is 0. The van der Waals surface area contributed by atoms with E-state index >= 15 is 0 Å². The van der Waals surface area contributed by atoms with Gasteiger partial charge in [0.25, 0.3) is 0 Å². The Labute approximate surface area is 146 Å². The molecule has 0 bridgehead atoms. The molecule has 1 atom stereocenters. The summed E-state index contributed by atoms with van der Waals surface area (Å²) in [6.45, 7) is 0.439. The number of esters is 1. The van der Waals surface area contributed by atoms with Crippen LogP contribution in [-0.4, -0.2) is 18.5 Å². The molecule has 0 aliphatic carbocycles. The van der Waals surface area contributed by atoms with Gasteiger partial charge in [-0.25, -0.2) is 4.79 Å². The predicted octanol–water partition coefficient (Wildman–Crippen LogP) is 2.78. The number of ether oxygens (including phenoxy) is 1. The third-order valence-corrected chi connectivity index (χ3v) is 4.24. The molecule has 2 aromatic rings. The molecule has 25 heavy (non-hydrogen) atoms. The molecular weight excluding hydrogens is 318 g/mol. The lowest BCUT2D eigenvalue weighted by atomic mass is 10.0. The minimum atomic E-state index is -0.574. The number of carbonyl (C=O) groups is 2. The van der Waals surface area contributed by atoms with Crippen LogP contribution in [0.5, 0.6) is 0 Å². The number of para-hydroxylation sites is 2. The van der Waals surface area contributed by atoms with Gasteiger partial charge >= 0.3 is 12.0 Å². The quantitative estimate of drug-likeness (QED) is 0.837. The van der Waals surface area contributed by atoms with Gasteiger partial charge in [-0.3, -0.25) is 9.69 Å². The highest BCUT2D eigenvalue weighted by atomic mass is 16.5. The lowest BCUT2D eigenvalue weighted by molar-refractivity contribution is -0.149. The van der Waals surface area contributed by atoms with Gasteiger partial charge < -0.3 is 16.2 Å². The van der Waals surface area contributed by atoms with E-state index in [4.69, 9.17) is 16.2 Å². The largest absolute Gasteiger partial charge is 0.457 e. The average Bonchev–Trinajstić information content (AvgIpc) is 2.74. The number of rotatable bonds is 4. The molecule has 2 aromatic carbocycles. The van der Waals surface area contributed by atoms with Crippen molar-refractivity contribution in [2.45, 2.75) is 25.4 Å². The Kier molecular flexibility index (Phi) is 5.00. The molecule has 4 N–H and O–H groups in total. The molecule has 1 aliphatic rings. The number of amides is 2. The molecule has 0 saturated carbocycles. The van der Waals surface area contributed by atoms with Gasteiger partial charge in [0.15, 0.2) is 0 Å². The Morgan fingerprint density at radius 2 is 1.76 bits per heavy atom. The maximum Gasteiger partial charge on any atom is 0.323 e. The average molecular weight is 339 g/mol. The van der Waals surface area contributed by atoms with Crippen LogP contribution < -0.4 is 16.4 Å². The summed E-state index contributed by atoms with van der Waals surface area (Å²) in [7, 11) is 0. The molecule has 1 unspecified atom stereocenters. The number of hydrogen-bond acceptors (Lipinski definition) is 4. The standard InChI is InChI=1S/C19H21N3O3/c20-11-5-10-18(23)25-17-12-13-6-1-3-8-15(13)22(19(21)24)16-9-4-2-7-14(16)17/h1-4,6-9,17H,5,10-12,20H2,(H2,21,24). The fourth-order valence-electron chi connectivity index (χ4n) is 3.11. The van der Waals surface area contributed by atoms with E-state index in [1.54, 1.807) is 0 Å². The van der Waals surface area contributed by atoms with Crippen LogP contribution in [-0.2, 0) is 16.0 Å². The van der Waals surface area contributed by atoms with E-state index in [0.29, 0.717) is 30.8 Å². The lowest BCUT2D eigenvalue weighted by Crippen LogP contribution is -2.32. The minimum absolute atomic E-state index is 0.274. The zero-order valence-electron chi connectivity index (χ0n) is 13.9. The molecule has 6 heteroatoms. The number of fused-ring (bicyclic) bond motifs is 2. The molecule has 0 spiro atoms. The van der Waals surface area contributed by atoms with Crippen molar-refractivity contribution in [2.75, 3.05) is 11.4 Å². The van der Waals surface area contributed by atoms with Gasteiger partial charge in [-0.05, 0) is 30.7 Å². The van der Waals surface area contributed by atoms with Gasteiger partial charge in [-0.2, -0.15) is 0 Å². The molecule has 1 aliphatic heterocycles. The Morgan fingerprint density at radius 1 is 1.08 bits per heavy atom. The topological polar surface area (TPSA) is 98.7 Å². The number of hydrogen-bond donors (Lipinski definition) is 2. The highest BCUT2D eigenvalue weighted by Crippen LogP contribution is 2.41. The number of primary amides is 1. The van der Waals surface area contributed by atoms with Crippen molar-refractivity contribution in [2.24, 2.45) is 11.5 Å². The molecular formula is C19H21N3O3. The Balaban J connectivity index is 2.05. The summed E-state index contributed by atoms with van der Waals surface area (Å²) in [5.41, 5.74) is 14.1. The van der Waals surface area contributed by atoms with Crippen molar-refractivity contribution in [3.8, 4) is 0 Å². The summed E-state index contributed by atoms with van der Waals surface area (Å²) in [5.74, 6) is -0.296. The predicted molar refractivity (Wildman–Crippen MR) is 95.4 cm³/mol. The Hall–Kier alpha value is -2.86. The van der Waals surface area contributed by atoms with E-state index in [9.17, 15) is 9.59 Å². The number of benzene rings is 2. The highest BCUT2D eigenvalue weighted by Gasteiger charge is 2.30. The first-order chi connectivity index (χ1) is 12.1. The van der Waals surface area contributed by atoms with E-state index in [2.05, 4.69) is 0 Å². The third kappa shape index (κ3) is 3.49. The second-order valence-electron chi connectivity index (χ2n) is 5.94. The maximum absolute atomic E-state index is 12.1. The van der Waals surface area contributed by atoms with Crippen LogP contribution in [0, 0.1) is 0 Å². The SMILES string of the molecule is NCCCC(=O)OC1Cc2ccccc2N(C(N)=O)c2ccccc21. The number of nitrogens with zero attached hydrogens (tertiary/aromatic N) is 1. The molecule has 3 rings (SSSR count). The van der Waals surface area contributed by atoms with Crippen molar-refractivity contribution in [3.05, 3.63) is 59.7 Å². The Bertz CT molecular complexity index is 791. The molecule has 2 amide bonds. The number of urea groups is 1. The second-order valence-corrected chi connectivity index (χ2v) is 5.94.